The molecule has 2 rings (SSSR count). The number of hydrogen-bond donors (Lipinski definition) is 1. The number of nitrogen functional groups attached to an aromatic ring is 1. The van der Waals surface area contributed by atoms with E-state index >= 15 is 0 Å². The first-order valence-corrected chi connectivity index (χ1v) is 4.97. The van der Waals surface area contributed by atoms with Crippen LogP contribution in [-0.2, 0) is 6.54 Å². The third kappa shape index (κ3) is 2.48. The molecule has 0 aromatic carbocycles. The van der Waals surface area contributed by atoms with Crippen molar-refractivity contribution in [2.75, 3.05) is 5.73 Å². The zero-order valence-electron chi connectivity index (χ0n) is 9.18. The Labute approximate surface area is 101 Å². The quantitative estimate of drug-likeness (QED) is 0.610. The highest BCUT2D eigenvalue weighted by Gasteiger charge is 2.09. The summed E-state index contributed by atoms with van der Waals surface area (Å²) >= 11 is 0. The van der Waals surface area contributed by atoms with Crippen LogP contribution in [0.15, 0.2) is 35.5 Å². The van der Waals surface area contributed by atoms with E-state index in [4.69, 9.17) is 5.73 Å². The molecule has 0 spiro atoms. The van der Waals surface area contributed by atoms with Gasteiger partial charge in [-0.25, -0.2) is 9.78 Å². The van der Waals surface area contributed by atoms with E-state index in [-0.39, 0.29) is 12.2 Å². The Morgan fingerprint density at radius 2 is 2.11 bits per heavy atom. The van der Waals surface area contributed by atoms with E-state index in [2.05, 4.69) is 9.97 Å². The van der Waals surface area contributed by atoms with Crippen LogP contribution in [0.25, 0.3) is 0 Å². The van der Waals surface area contributed by atoms with Gasteiger partial charge in [0, 0.05) is 6.20 Å². The summed E-state index contributed by atoms with van der Waals surface area (Å²) in [6, 6.07) is 3.28. The molecule has 2 N–H and O–H groups in total. The molecule has 0 bridgehead atoms. The second-order valence-corrected chi connectivity index (χ2v) is 3.57. The number of aromatic nitrogens is 3. The summed E-state index contributed by atoms with van der Waals surface area (Å²) in [6.45, 7) is 0.154. The molecule has 0 atom stereocenters. The molecule has 2 aromatic heterocycles. The Morgan fingerprint density at radius 1 is 1.33 bits per heavy atom. The van der Waals surface area contributed by atoms with Crippen LogP contribution in [0.1, 0.15) is 5.56 Å². The SMILES string of the molecule is Nc1ccc(Cn2cc([N+](=O)[O-])cnc2=O)cn1. The van der Waals surface area contributed by atoms with Gasteiger partial charge < -0.3 is 5.73 Å². The van der Waals surface area contributed by atoms with Gasteiger partial charge in [0.15, 0.2) is 0 Å². The smallest absolute Gasteiger partial charge is 0.348 e. The first-order valence-electron chi connectivity index (χ1n) is 4.97. The number of rotatable bonds is 3. The van der Waals surface area contributed by atoms with E-state index in [0.717, 1.165) is 17.0 Å². The van der Waals surface area contributed by atoms with Crippen molar-refractivity contribution < 1.29 is 4.92 Å². The molecule has 0 fully saturated rings. The number of nitrogens with zero attached hydrogens (tertiary/aromatic N) is 4. The molecule has 0 saturated heterocycles. The molecule has 0 unspecified atom stereocenters. The first-order chi connectivity index (χ1) is 8.56. The Hall–Kier alpha value is -2.77. The number of anilines is 1. The molecule has 2 heterocycles. The predicted octanol–water partition coefficient (Wildman–Crippen LogP) is 0.177. The minimum absolute atomic E-state index is 0.154. The summed E-state index contributed by atoms with van der Waals surface area (Å²) in [5.74, 6) is 0.364. The van der Waals surface area contributed by atoms with E-state index in [1.807, 2.05) is 0 Å². The van der Waals surface area contributed by atoms with Crippen LogP contribution in [-0.4, -0.2) is 19.5 Å². The number of pyridine rings is 1. The monoisotopic (exact) mass is 247 g/mol. The fourth-order valence-corrected chi connectivity index (χ4v) is 1.38. The van der Waals surface area contributed by atoms with Crippen LogP contribution in [0, 0.1) is 10.1 Å². The van der Waals surface area contributed by atoms with Gasteiger partial charge in [-0.15, -0.1) is 0 Å². The zero-order chi connectivity index (χ0) is 13.1. The second kappa shape index (κ2) is 4.62. The van der Waals surface area contributed by atoms with Crippen molar-refractivity contribution >= 4 is 11.5 Å². The van der Waals surface area contributed by atoms with Crippen molar-refractivity contribution in [2.24, 2.45) is 0 Å². The van der Waals surface area contributed by atoms with Gasteiger partial charge in [-0.1, -0.05) is 6.07 Å². The van der Waals surface area contributed by atoms with Gasteiger partial charge in [0.25, 0.3) is 0 Å². The van der Waals surface area contributed by atoms with Gasteiger partial charge in [0.1, 0.15) is 12.0 Å². The van der Waals surface area contributed by atoms with E-state index in [9.17, 15) is 14.9 Å². The highest BCUT2D eigenvalue weighted by molar-refractivity contribution is 5.29. The maximum Gasteiger partial charge on any atom is 0.348 e. The maximum absolute atomic E-state index is 11.4. The van der Waals surface area contributed by atoms with Crippen molar-refractivity contribution in [1.82, 2.24) is 14.5 Å². The van der Waals surface area contributed by atoms with Crippen molar-refractivity contribution in [1.29, 1.82) is 0 Å². The Kier molecular flexibility index (Phi) is 3.00. The second-order valence-electron chi connectivity index (χ2n) is 3.57. The predicted molar refractivity (Wildman–Crippen MR) is 62.9 cm³/mol. The van der Waals surface area contributed by atoms with Crippen molar-refractivity contribution in [3.05, 3.63) is 56.9 Å². The van der Waals surface area contributed by atoms with E-state index in [1.165, 1.54) is 6.20 Å². The average Bonchev–Trinajstić information content (AvgIpc) is 2.34. The minimum Gasteiger partial charge on any atom is -0.384 e. The van der Waals surface area contributed by atoms with Gasteiger partial charge in [-0.2, -0.15) is 4.98 Å². The zero-order valence-corrected chi connectivity index (χ0v) is 9.18. The minimum atomic E-state index is -0.607. The normalized spacial score (nSPS) is 10.2. The molecule has 8 heteroatoms. The topological polar surface area (TPSA) is 117 Å². The van der Waals surface area contributed by atoms with Crippen LogP contribution >= 0.6 is 0 Å². The third-order valence-corrected chi connectivity index (χ3v) is 2.25. The summed E-state index contributed by atoms with van der Waals surface area (Å²) in [5, 5.41) is 10.6. The number of hydrogen-bond acceptors (Lipinski definition) is 6. The highest BCUT2D eigenvalue weighted by atomic mass is 16.6. The van der Waals surface area contributed by atoms with Gasteiger partial charge in [0.2, 0.25) is 0 Å². The molecular formula is C10H9N5O3. The molecule has 0 saturated carbocycles. The van der Waals surface area contributed by atoms with Gasteiger partial charge in [0.05, 0.1) is 17.7 Å². The molecule has 0 aliphatic rings. The lowest BCUT2D eigenvalue weighted by Crippen LogP contribution is -2.23. The Balaban J connectivity index is 2.33. The molecule has 18 heavy (non-hydrogen) atoms. The standard InChI is InChI=1S/C10H9N5O3/c11-9-2-1-7(3-12-9)5-14-6-8(15(17)18)4-13-10(14)16/h1-4,6H,5H2,(H2,11,12). The van der Waals surface area contributed by atoms with Crippen LogP contribution in [0.3, 0.4) is 0 Å². The average molecular weight is 247 g/mol. The molecule has 0 radical (unpaired) electrons. The summed E-state index contributed by atoms with van der Waals surface area (Å²) in [7, 11) is 0. The largest absolute Gasteiger partial charge is 0.384 e. The summed E-state index contributed by atoms with van der Waals surface area (Å²) in [5.41, 5.74) is 5.34. The van der Waals surface area contributed by atoms with Crippen LogP contribution < -0.4 is 11.4 Å². The van der Waals surface area contributed by atoms with E-state index in [0.29, 0.717) is 11.4 Å². The van der Waals surface area contributed by atoms with Crippen molar-refractivity contribution in [3.63, 3.8) is 0 Å². The fourth-order valence-electron chi connectivity index (χ4n) is 1.38. The van der Waals surface area contributed by atoms with Crippen molar-refractivity contribution in [3.8, 4) is 0 Å². The van der Waals surface area contributed by atoms with Crippen LogP contribution in [0.4, 0.5) is 11.5 Å². The Morgan fingerprint density at radius 3 is 2.72 bits per heavy atom. The fraction of sp³-hybridized carbons (Fsp3) is 0.100. The summed E-state index contributed by atoms with van der Waals surface area (Å²) < 4.78 is 1.14. The van der Waals surface area contributed by atoms with E-state index in [1.54, 1.807) is 12.1 Å². The number of nitrogens with two attached hydrogens (primary N) is 1. The lowest BCUT2D eigenvalue weighted by atomic mass is 10.3. The van der Waals surface area contributed by atoms with Crippen LogP contribution in [0.5, 0.6) is 0 Å². The molecule has 0 aliphatic carbocycles. The molecule has 2 aromatic rings. The highest BCUT2D eigenvalue weighted by Crippen LogP contribution is 2.07. The molecule has 92 valence electrons. The van der Waals surface area contributed by atoms with Gasteiger partial charge >= 0.3 is 11.4 Å². The summed E-state index contributed by atoms with van der Waals surface area (Å²) in [4.78, 5) is 28.7. The molecule has 8 nitrogen and oxygen atoms in total. The lowest BCUT2D eigenvalue weighted by molar-refractivity contribution is -0.385. The molecule has 0 aliphatic heterocycles. The van der Waals surface area contributed by atoms with E-state index < -0.39 is 10.6 Å². The maximum atomic E-state index is 11.4. The summed E-state index contributed by atoms with van der Waals surface area (Å²) in [6.07, 6.45) is 3.58. The Bertz CT molecular complexity index is 635. The number of nitro groups is 1. The molecular weight excluding hydrogens is 238 g/mol. The van der Waals surface area contributed by atoms with Crippen LogP contribution in [0.2, 0.25) is 0 Å². The lowest BCUT2D eigenvalue weighted by Gasteiger charge is -2.04. The van der Waals surface area contributed by atoms with Gasteiger partial charge in [-0.3, -0.25) is 14.7 Å². The first kappa shape index (κ1) is 11.7. The third-order valence-electron chi connectivity index (χ3n) is 2.25. The van der Waals surface area contributed by atoms with Crippen molar-refractivity contribution in [2.45, 2.75) is 6.54 Å². The molecule has 0 amide bonds. The van der Waals surface area contributed by atoms with Gasteiger partial charge in [-0.05, 0) is 11.6 Å².